The number of carboxylic acid groups (broad SMARTS) is 1. The quantitative estimate of drug-likeness (QED) is 0.573. The largest absolute Gasteiger partial charge is 0.481 e. The van der Waals surface area contributed by atoms with Crippen molar-refractivity contribution in [2.45, 2.75) is 30.8 Å². The second-order valence-electron chi connectivity index (χ2n) is 3.49. The van der Waals surface area contributed by atoms with Gasteiger partial charge in [0.05, 0.1) is 11.7 Å². The molecule has 0 aromatic heterocycles. The average molecular weight is 266 g/mol. The van der Waals surface area contributed by atoms with Crippen LogP contribution in [0.3, 0.4) is 0 Å². The Morgan fingerprint density at radius 2 is 1.76 bits per heavy atom. The third kappa shape index (κ3) is 4.39. The minimum absolute atomic E-state index is 0.615. The Morgan fingerprint density at radius 3 is 2.12 bits per heavy atom. The van der Waals surface area contributed by atoms with E-state index in [-0.39, 0.29) is 0 Å². The zero-order valence-corrected chi connectivity index (χ0v) is 10.2. The van der Waals surface area contributed by atoms with Gasteiger partial charge in [-0.1, -0.05) is 0 Å². The van der Waals surface area contributed by atoms with Gasteiger partial charge in [0.1, 0.15) is 5.25 Å². The number of hydrogen-bond acceptors (Lipinski definition) is 5. The maximum atomic E-state index is 11.7. The molecule has 0 aromatic rings. The third-order valence-electron chi connectivity index (χ3n) is 2.13. The van der Waals surface area contributed by atoms with E-state index in [1.54, 1.807) is 5.32 Å². The van der Waals surface area contributed by atoms with Crippen molar-refractivity contribution < 1.29 is 27.9 Å². The van der Waals surface area contributed by atoms with Gasteiger partial charge in [-0.05, 0) is 13.8 Å². The van der Waals surface area contributed by atoms with Crippen LogP contribution in [-0.4, -0.2) is 41.9 Å². The molecule has 0 aromatic carbocycles. The Morgan fingerprint density at radius 1 is 1.29 bits per heavy atom. The first-order valence-corrected chi connectivity index (χ1v) is 6.24. The lowest BCUT2D eigenvalue weighted by atomic mass is 10.3. The molecule has 17 heavy (non-hydrogen) atoms. The van der Waals surface area contributed by atoms with Crippen LogP contribution in [-0.2, 0) is 19.4 Å². The molecule has 0 rings (SSSR count). The van der Waals surface area contributed by atoms with Gasteiger partial charge in [-0.2, -0.15) is 0 Å². The van der Waals surface area contributed by atoms with Gasteiger partial charge >= 0.3 is 12.0 Å². The number of hydrogen-bond donors (Lipinski definition) is 3. The minimum Gasteiger partial charge on any atom is -0.481 e. The number of aliphatic carboxylic acids is 1. The lowest BCUT2D eigenvalue weighted by molar-refractivity contribution is -0.137. The molecule has 3 amide bonds. The molecule has 4 N–H and O–H groups in total. The standard InChI is InChI=1S/C8H14N2O6S/c1-4(3-6(11)12)17(15,16)5(2)7(13)10-8(9)14/h4-5H,3H2,1-2H3,(H,11,12)(H3,9,10,13,14). The van der Waals surface area contributed by atoms with Crippen LogP contribution < -0.4 is 11.1 Å². The Balaban J connectivity index is 4.87. The monoisotopic (exact) mass is 266 g/mol. The Hall–Kier alpha value is -1.64. The minimum atomic E-state index is -3.98. The molecule has 0 heterocycles. The third-order valence-corrected chi connectivity index (χ3v) is 4.62. The summed E-state index contributed by atoms with van der Waals surface area (Å²) in [6.45, 7) is 2.24. The topological polar surface area (TPSA) is 144 Å². The normalized spacial score (nSPS) is 14.7. The van der Waals surface area contributed by atoms with Crippen LogP contribution in [0.4, 0.5) is 4.79 Å². The van der Waals surface area contributed by atoms with Gasteiger partial charge < -0.3 is 10.8 Å². The fourth-order valence-corrected chi connectivity index (χ4v) is 2.51. The molecule has 0 saturated heterocycles. The highest BCUT2D eigenvalue weighted by Crippen LogP contribution is 2.13. The van der Waals surface area contributed by atoms with E-state index in [4.69, 9.17) is 5.11 Å². The summed E-state index contributed by atoms with van der Waals surface area (Å²) in [6.07, 6.45) is -0.615. The van der Waals surface area contributed by atoms with E-state index in [1.165, 1.54) is 6.92 Å². The molecule has 98 valence electrons. The SMILES string of the molecule is CC(CC(=O)O)S(=O)(=O)C(C)C(=O)NC(N)=O. The summed E-state index contributed by atoms with van der Waals surface area (Å²) in [5.74, 6) is -2.36. The van der Waals surface area contributed by atoms with Gasteiger partial charge in [-0.3, -0.25) is 14.9 Å². The van der Waals surface area contributed by atoms with Crippen LogP contribution >= 0.6 is 0 Å². The van der Waals surface area contributed by atoms with Crippen molar-refractivity contribution in [2.75, 3.05) is 0 Å². The number of urea groups is 1. The van der Waals surface area contributed by atoms with E-state index in [9.17, 15) is 22.8 Å². The molecule has 0 spiro atoms. The second-order valence-corrected chi connectivity index (χ2v) is 6.18. The van der Waals surface area contributed by atoms with Crippen molar-refractivity contribution in [1.82, 2.24) is 5.32 Å². The first-order chi connectivity index (χ1) is 7.59. The van der Waals surface area contributed by atoms with E-state index < -0.39 is 44.7 Å². The fourth-order valence-electron chi connectivity index (χ4n) is 1.08. The Labute approximate surface area is 98.1 Å². The average Bonchev–Trinajstić information content (AvgIpc) is 2.14. The van der Waals surface area contributed by atoms with E-state index in [0.29, 0.717) is 0 Å². The Kier molecular flexibility index (Phi) is 5.08. The molecule has 0 fully saturated rings. The summed E-state index contributed by atoms with van der Waals surface area (Å²) in [7, 11) is -3.98. The van der Waals surface area contributed by atoms with Crippen molar-refractivity contribution in [3.05, 3.63) is 0 Å². The lowest BCUT2D eigenvalue weighted by Gasteiger charge is -2.16. The Bertz CT molecular complexity index is 429. The summed E-state index contributed by atoms with van der Waals surface area (Å²) < 4.78 is 23.4. The molecule has 9 heteroatoms. The zero-order chi connectivity index (χ0) is 13.8. The van der Waals surface area contributed by atoms with Gasteiger partial charge in [0.2, 0.25) is 5.91 Å². The highest BCUT2D eigenvalue weighted by molar-refractivity contribution is 7.93. The highest BCUT2D eigenvalue weighted by Gasteiger charge is 2.34. The van der Waals surface area contributed by atoms with Crippen molar-refractivity contribution in [3.8, 4) is 0 Å². The summed E-state index contributed by atoms with van der Waals surface area (Å²) in [6, 6.07) is -1.16. The molecule has 0 aliphatic carbocycles. The van der Waals surface area contributed by atoms with E-state index in [1.807, 2.05) is 0 Å². The van der Waals surface area contributed by atoms with Crippen LogP contribution in [0.15, 0.2) is 0 Å². The number of rotatable bonds is 5. The molecule has 0 radical (unpaired) electrons. The molecule has 2 unspecified atom stereocenters. The summed E-state index contributed by atoms with van der Waals surface area (Å²) in [4.78, 5) is 32.0. The predicted molar refractivity (Wildman–Crippen MR) is 57.8 cm³/mol. The van der Waals surface area contributed by atoms with Crippen molar-refractivity contribution in [1.29, 1.82) is 0 Å². The highest BCUT2D eigenvalue weighted by atomic mass is 32.2. The number of nitrogens with one attached hydrogen (secondary N) is 1. The van der Waals surface area contributed by atoms with Crippen LogP contribution in [0, 0.1) is 0 Å². The summed E-state index contributed by atoms with van der Waals surface area (Å²) >= 11 is 0. The number of nitrogens with two attached hydrogens (primary N) is 1. The first kappa shape index (κ1) is 15.4. The number of carboxylic acids is 1. The van der Waals surface area contributed by atoms with Gasteiger partial charge in [-0.15, -0.1) is 0 Å². The maximum Gasteiger partial charge on any atom is 0.318 e. The number of sulfone groups is 1. The number of imide groups is 1. The van der Waals surface area contributed by atoms with Gasteiger partial charge in [0, 0.05) is 0 Å². The van der Waals surface area contributed by atoms with Crippen LogP contribution in [0.2, 0.25) is 0 Å². The second kappa shape index (κ2) is 5.62. The van der Waals surface area contributed by atoms with Gasteiger partial charge in [0.25, 0.3) is 0 Å². The van der Waals surface area contributed by atoms with Gasteiger partial charge in [-0.25, -0.2) is 13.2 Å². The molecule has 0 bridgehead atoms. The zero-order valence-electron chi connectivity index (χ0n) is 9.34. The number of carbonyl (C=O) groups is 3. The molecule has 0 aliphatic rings. The van der Waals surface area contributed by atoms with Crippen LogP contribution in [0.1, 0.15) is 20.3 Å². The van der Waals surface area contributed by atoms with E-state index in [2.05, 4.69) is 5.73 Å². The number of primary amides is 1. The molecule has 2 atom stereocenters. The number of amides is 3. The molecular weight excluding hydrogens is 252 g/mol. The molecule has 8 nitrogen and oxygen atoms in total. The molecule has 0 saturated carbocycles. The predicted octanol–water partition coefficient (Wildman–Crippen LogP) is -1.15. The first-order valence-electron chi connectivity index (χ1n) is 4.63. The lowest BCUT2D eigenvalue weighted by Crippen LogP contribution is -2.45. The molecule has 0 aliphatic heterocycles. The van der Waals surface area contributed by atoms with E-state index >= 15 is 0 Å². The van der Waals surface area contributed by atoms with Crippen LogP contribution in [0.5, 0.6) is 0 Å². The van der Waals surface area contributed by atoms with Gasteiger partial charge in [0.15, 0.2) is 9.84 Å². The maximum absolute atomic E-state index is 11.7. The van der Waals surface area contributed by atoms with Crippen molar-refractivity contribution in [3.63, 3.8) is 0 Å². The molecular formula is C8H14N2O6S. The summed E-state index contributed by atoms with van der Waals surface area (Å²) in [5.41, 5.74) is 4.67. The van der Waals surface area contributed by atoms with Crippen molar-refractivity contribution >= 4 is 27.7 Å². The smallest absolute Gasteiger partial charge is 0.318 e. The fraction of sp³-hybridized carbons (Fsp3) is 0.625. The van der Waals surface area contributed by atoms with Crippen LogP contribution in [0.25, 0.3) is 0 Å². The summed E-state index contributed by atoms with van der Waals surface area (Å²) in [5, 5.41) is 7.34. The van der Waals surface area contributed by atoms with Crippen molar-refractivity contribution in [2.24, 2.45) is 5.73 Å². The number of carbonyl (C=O) groups excluding carboxylic acids is 2. The van der Waals surface area contributed by atoms with E-state index in [0.717, 1.165) is 6.92 Å².